The zero-order chi connectivity index (χ0) is 12.5. The molecule has 0 saturated carbocycles. The van der Waals surface area contributed by atoms with Crippen LogP contribution in [0.4, 0.5) is 13.2 Å². The Bertz CT molecular complexity index is 472. The van der Waals surface area contributed by atoms with Crippen molar-refractivity contribution in [2.24, 2.45) is 0 Å². The van der Waals surface area contributed by atoms with Gasteiger partial charge in [-0.2, -0.15) is 13.2 Å². The van der Waals surface area contributed by atoms with Crippen LogP contribution in [0.3, 0.4) is 0 Å². The smallest absolute Gasteiger partial charge is 0.166 e. The highest BCUT2D eigenvalue weighted by atomic mass is 35.5. The molecule has 17 heavy (non-hydrogen) atoms. The first-order chi connectivity index (χ1) is 8.00. The molecule has 89 valence electrons. The number of allylic oxidation sites excluding steroid dienone is 4. The predicted molar refractivity (Wildman–Crippen MR) is 60.8 cm³/mol. The molecule has 0 aliphatic heterocycles. The van der Waals surface area contributed by atoms with Gasteiger partial charge in [-0.25, -0.2) is 0 Å². The number of benzene rings is 1. The van der Waals surface area contributed by atoms with Gasteiger partial charge < -0.3 is 0 Å². The van der Waals surface area contributed by atoms with Crippen LogP contribution in [0.5, 0.6) is 0 Å². The molecule has 0 bridgehead atoms. The average molecular weight is 258 g/mol. The second-order valence-corrected chi connectivity index (χ2v) is 4.19. The number of hydrogen-bond donors (Lipinski definition) is 0. The molecule has 2 rings (SSSR count). The van der Waals surface area contributed by atoms with E-state index in [9.17, 15) is 13.2 Å². The summed E-state index contributed by atoms with van der Waals surface area (Å²) in [5.41, 5.74) is -0.0800. The largest absolute Gasteiger partial charge is 0.413 e. The fraction of sp³-hybridized carbons (Fsp3) is 0.231. The maximum atomic E-state index is 12.8. The van der Waals surface area contributed by atoms with E-state index in [2.05, 4.69) is 6.08 Å². The summed E-state index contributed by atoms with van der Waals surface area (Å²) in [5, 5.41) is 0.364. The van der Waals surface area contributed by atoms with E-state index >= 15 is 0 Å². The minimum Gasteiger partial charge on any atom is -0.166 e. The van der Waals surface area contributed by atoms with Gasteiger partial charge in [0.05, 0.1) is 0 Å². The molecule has 0 amide bonds. The molecule has 1 atom stereocenters. The number of rotatable bonds is 1. The third kappa shape index (κ3) is 2.55. The summed E-state index contributed by atoms with van der Waals surface area (Å²) in [6, 6.07) is 6.63. The molecule has 1 aliphatic carbocycles. The predicted octanol–water partition coefficient (Wildman–Crippen LogP) is 4.68. The van der Waals surface area contributed by atoms with Crippen LogP contribution in [0.25, 0.3) is 0 Å². The van der Waals surface area contributed by atoms with E-state index in [0.29, 0.717) is 10.6 Å². The van der Waals surface area contributed by atoms with Gasteiger partial charge in [0.1, 0.15) is 0 Å². The molecule has 0 aromatic heterocycles. The molecule has 0 N–H and O–H groups in total. The van der Waals surface area contributed by atoms with Crippen molar-refractivity contribution in [3.63, 3.8) is 0 Å². The highest BCUT2D eigenvalue weighted by Crippen LogP contribution is 2.42. The summed E-state index contributed by atoms with van der Waals surface area (Å²) in [5.74, 6) is -0.732. The van der Waals surface area contributed by atoms with Crippen LogP contribution < -0.4 is 0 Å². The summed E-state index contributed by atoms with van der Waals surface area (Å²) >= 11 is 5.94. The molecule has 4 heteroatoms. The average Bonchev–Trinajstić information content (AvgIpc) is 2.28. The lowest BCUT2D eigenvalue weighted by Gasteiger charge is -2.24. The molecule has 1 aromatic rings. The third-order valence-corrected chi connectivity index (χ3v) is 3.04. The van der Waals surface area contributed by atoms with Crippen molar-refractivity contribution in [3.05, 3.63) is 58.7 Å². The standard InChI is InChI=1S/C13H9ClF3/c14-12-8-4-2-6-10(12)9-5-1-3-7-11(9)13(15,16)17/h1-2,4,6-9H,5H2. The lowest BCUT2D eigenvalue weighted by atomic mass is 9.85. The molecule has 1 aromatic carbocycles. The SMILES string of the molecule is FC(F)(F)C1=C[C]=CCC1c1ccccc1Cl. The van der Waals surface area contributed by atoms with Gasteiger partial charge in [0.25, 0.3) is 0 Å². The summed E-state index contributed by atoms with van der Waals surface area (Å²) in [6.45, 7) is 0. The summed E-state index contributed by atoms with van der Waals surface area (Å²) in [4.78, 5) is 0. The van der Waals surface area contributed by atoms with Gasteiger partial charge >= 0.3 is 6.18 Å². The first kappa shape index (κ1) is 12.2. The summed E-state index contributed by atoms with van der Waals surface area (Å²) < 4.78 is 38.5. The van der Waals surface area contributed by atoms with E-state index in [1.165, 1.54) is 0 Å². The molecule has 0 nitrogen and oxygen atoms in total. The second kappa shape index (κ2) is 4.57. The van der Waals surface area contributed by atoms with E-state index in [0.717, 1.165) is 6.08 Å². The lowest BCUT2D eigenvalue weighted by molar-refractivity contribution is -0.0960. The fourth-order valence-electron chi connectivity index (χ4n) is 1.89. The highest BCUT2D eigenvalue weighted by Gasteiger charge is 2.39. The minimum atomic E-state index is -4.34. The van der Waals surface area contributed by atoms with Crippen LogP contribution in [0, 0.1) is 6.08 Å². The Balaban J connectivity index is 2.43. The van der Waals surface area contributed by atoms with E-state index in [4.69, 9.17) is 11.6 Å². The van der Waals surface area contributed by atoms with Crippen LogP contribution >= 0.6 is 11.6 Å². The van der Waals surface area contributed by atoms with Gasteiger partial charge in [0, 0.05) is 16.5 Å². The lowest BCUT2D eigenvalue weighted by Crippen LogP contribution is -2.20. The number of hydrogen-bond acceptors (Lipinski definition) is 0. The van der Waals surface area contributed by atoms with Crippen molar-refractivity contribution < 1.29 is 13.2 Å². The van der Waals surface area contributed by atoms with E-state index in [-0.39, 0.29) is 6.42 Å². The Morgan fingerprint density at radius 2 is 1.94 bits per heavy atom. The van der Waals surface area contributed by atoms with Gasteiger partial charge in [-0.3, -0.25) is 0 Å². The molecule has 1 radical (unpaired) electrons. The molecule has 1 aliphatic rings. The van der Waals surface area contributed by atoms with Crippen LogP contribution in [0.1, 0.15) is 17.9 Å². The maximum Gasteiger partial charge on any atom is 0.413 e. The van der Waals surface area contributed by atoms with Crippen molar-refractivity contribution >= 4 is 11.6 Å². The van der Waals surface area contributed by atoms with Crippen LogP contribution in [-0.4, -0.2) is 6.18 Å². The topological polar surface area (TPSA) is 0 Å². The van der Waals surface area contributed by atoms with Gasteiger partial charge in [0.2, 0.25) is 0 Å². The van der Waals surface area contributed by atoms with Crippen molar-refractivity contribution in [2.75, 3.05) is 0 Å². The van der Waals surface area contributed by atoms with Gasteiger partial charge in [0.15, 0.2) is 0 Å². The zero-order valence-corrected chi connectivity index (χ0v) is 9.52. The van der Waals surface area contributed by atoms with Crippen LogP contribution in [0.15, 0.2) is 42.0 Å². The first-order valence-electron chi connectivity index (χ1n) is 5.09. The quantitative estimate of drug-likeness (QED) is 0.685. The highest BCUT2D eigenvalue weighted by molar-refractivity contribution is 6.31. The van der Waals surface area contributed by atoms with Crippen LogP contribution in [-0.2, 0) is 0 Å². The Hall–Kier alpha value is -1.22. The summed E-state index contributed by atoms with van der Waals surface area (Å²) in [7, 11) is 0. The molecule has 0 saturated heterocycles. The number of alkyl halides is 3. The Morgan fingerprint density at radius 3 is 2.59 bits per heavy atom. The van der Waals surface area contributed by atoms with Gasteiger partial charge in [-0.1, -0.05) is 35.9 Å². The third-order valence-electron chi connectivity index (χ3n) is 2.69. The second-order valence-electron chi connectivity index (χ2n) is 3.78. The van der Waals surface area contributed by atoms with Crippen molar-refractivity contribution in [1.82, 2.24) is 0 Å². The molecule has 0 heterocycles. The van der Waals surface area contributed by atoms with Crippen LogP contribution in [0.2, 0.25) is 5.02 Å². The van der Waals surface area contributed by atoms with Gasteiger partial charge in [-0.15, -0.1) is 0 Å². The molecule has 0 spiro atoms. The molecule has 1 unspecified atom stereocenters. The fourth-order valence-corrected chi connectivity index (χ4v) is 2.16. The Morgan fingerprint density at radius 1 is 1.24 bits per heavy atom. The maximum absolute atomic E-state index is 12.8. The van der Waals surface area contributed by atoms with E-state index in [1.54, 1.807) is 30.3 Å². The number of halogens is 4. The molecular weight excluding hydrogens is 249 g/mol. The van der Waals surface area contributed by atoms with E-state index < -0.39 is 17.7 Å². The Kier molecular flexibility index (Phi) is 3.29. The van der Waals surface area contributed by atoms with Gasteiger partial charge in [-0.05, 0) is 30.2 Å². The summed E-state index contributed by atoms with van der Waals surface area (Å²) in [6.07, 6.45) is 1.04. The zero-order valence-electron chi connectivity index (χ0n) is 8.76. The molecule has 0 fully saturated rings. The van der Waals surface area contributed by atoms with Crippen molar-refractivity contribution in [1.29, 1.82) is 0 Å². The van der Waals surface area contributed by atoms with E-state index in [1.807, 2.05) is 0 Å². The van der Waals surface area contributed by atoms with Crippen molar-refractivity contribution in [2.45, 2.75) is 18.5 Å². The Labute approximate surface area is 102 Å². The first-order valence-corrected chi connectivity index (χ1v) is 5.47. The molecular formula is C13H9ClF3. The normalized spacial score (nSPS) is 20.2. The van der Waals surface area contributed by atoms with Crippen molar-refractivity contribution in [3.8, 4) is 0 Å². The monoisotopic (exact) mass is 257 g/mol. The minimum absolute atomic E-state index is 0.273.